The van der Waals surface area contributed by atoms with Crippen LogP contribution in [0, 0.1) is 5.82 Å². The number of nitrogens with one attached hydrogen (secondary N) is 2. The highest BCUT2D eigenvalue weighted by Gasteiger charge is 2.17. The Morgan fingerprint density at radius 3 is 2.58 bits per heavy atom. The summed E-state index contributed by atoms with van der Waals surface area (Å²) in [5.41, 5.74) is 4.49. The quantitative estimate of drug-likeness (QED) is 0.420. The van der Waals surface area contributed by atoms with Crippen molar-refractivity contribution in [3.63, 3.8) is 0 Å². The van der Waals surface area contributed by atoms with Gasteiger partial charge < -0.3 is 4.98 Å². The highest BCUT2D eigenvalue weighted by molar-refractivity contribution is 6.31. The van der Waals surface area contributed by atoms with E-state index < -0.39 is 0 Å². The zero-order valence-corrected chi connectivity index (χ0v) is 16.8. The molecule has 0 aliphatic carbocycles. The molecule has 0 radical (unpaired) electrons. The zero-order chi connectivity index (χ0) is 21.2. The normalized spacial score (nSPS) is 11.0. The number of halogens is 2. The standard InChI is InChI=1S/C22H15ClFN7/c23-17-4-2-1-3-14(17)12-19-26-20(13-5-7-16(24)8-6-13)21(27-19)18-11-15(9-10-25-18)22-28-30-31-29-22/h1-11H,12H2,(H,26,27)(H,28,29,30,31). The maximum atomic E-state index is 13.5. The second kappa shape index (κ2) is 8.08. The van der Waals surface area contributed by atoms with E-state index in [0.717, 1.165) is 22.4 Å². The Hall–Kier alpha value is -3.91. The largest absolute Gasteiger partial charge is 0.341 e. The molecule has 5 rings (SSSR count). The number of hydrogen-bond acceptors (Lipinski definition) is 5. The summed E-state index contributed by atoms with van der Waals surface area (Å²) in [6, 6.07) is 17.5. The van der Waals surface area contributed by atoms with Crippen LogP contribution in [0.15, 0.2) is 66.9 Å². The smallest absolute Gasteiger partial charge is 0.204 e. The fourth-order valence-corrected chi connectivity index (χ4v) is 3.52. The first-order valence-electron chi connectivity index (χ1n) is 9.46. The Balaban J connectivity index is 1.61. The monoisotopic (exact) mass is 431 g/mol. The minimum atomic E-state index is -0.307. The first kappa shape index (κ1) is 19.1. The first-order chi connectivity index (χ1) is 15.2. The summed E-state index contributed by atoms with van der Waals surface area (Å²) in [5, 5.41) is 14.8. The van der Waals surface area contributed by atoms with E-state index in [1.165, 1.54) is 12.1 Å². The molecule has 0 amide bonds. The van der Waals surface area contributed by atoms with Crippen LogP contribution in [0.25, 0.3) is 34.0 Å². The predicted molar refractivity (Wildman–Crippen MR) is 115 cm³/mol. The summed E-state index contributed by atoms with van der Waals surface area (Å²) in [6.45, 7) is 0. The number of benzene rings is 2. The lowest BCUT2D eigenvalue weighted by atomic mass is 10.1. The molecule has 2 aromatic carbocycles. The van der Waals surface area contributed by atoms with Gasteiger partial charge in [0.05, 0.1) is 11.4 Å². The molecule has 0 spiro atoms. The van der Waals surface area contributed by atoms with Crippen LogP contribution in [0.5, 0.6) is 0 Å². The van der Waals surface area contributed by atoms with Gasteiger partial charge in [-0.1, -0.05) is 29.8 Å². The van der Waals surface area contributed by atoms with Crippen molar-refractivity contribution in [1.82, 2.24) is 35.6 Å². The summed E-state index contributed by atoms with van der Waals surface area (Å²) in [6.07, 6.45) is 2.18. The van der Waals surface area contributed by atoms with Crippen LogP contribution in [-0.4, -0.2) is 35.6 Å². The van der Waals surface area contributed by atoms with Gasteiger partial charge in [-0.05, 0) is 53.2 Å². The highest BCUT2D eigenvalue weighted by atomic mass is 35.5. The molecule has 9 heteroatoms. The lowest BCUT2D eigenvalue weighted by molar-refractivity contribution is 0.628. The number of pyridine rings is 1. The Kier molecular flexibility index (Phi) is 4.97. The van der Waals surface area contributed by atoms with Crippen molar-refractivity contribution in [1.29, 1.82) is 0 Å². The summed E-state index contributed by atoms with van der Waals surface area (Å²) >= 11 is 6.33. The van der Waals surface area contributed by atoms with Gasteiger partial charge in [-0.2, -0.15) is 5.21 Å². The highest BCUT2D eigenvalue weighted by Crippen LogP contribution is 2.31. The van der Waals surface area contributed by atoms with Crippen molar-refractivity contribution in [2.24, 2.45) is 0 Å². The molecule has 3 aromatic heterocycles. The molecule has 0 atom stereocenters. The van der Waals surface area contributed by atoms with Gasteiger partial charge in [-0.3, -0.25) is 4.98 Å². The van der Waals surface area contributed by atoms with Gasteiger partial charge in [-0.25, -0.2) is 9.37 Å². The minimum absolute atomic E-state index is 0.307. The average molecular weight is 432 g/mol. The molecule has 5 aromatic rings. The number of tetrazole rings is 1. The number of imidazole rings is 1. The molecule has 0 aliphatic rings. The van der Waals surface area contributed by atoms with Gasteiger partial charge in [-0.15, -0.1) is 10.2 Å². The minimum Gasteiger partial charge on any atom is -0.341 e. The Bertz CT molecular complexity index is 1330. The summed E-state index contributed by atoms with van der Waals surface area (Å²) in [4.78, 5) is 12.7. The van der Waals surface area contributed by atoms with Crippen molar-refractivity contribution < 1.29 is 4.39 Å². The van der Waals surface area contributed by atoms with Crippen LogP contribution < -0.4 is 0 Å². The summed E-state index contributed by atoms with van der Waals surface area (Å²) in [7, 11) is 0. The van der Waals surface area contributed by atoms with Crippen molar-refractivity contribution in [2.45, 2.75) is 6.42 Å². The Morgan fingerprint density at radius 2 is 1.81 bits per heavy atom. The van der Waals surface area contributed by atoms with E-state index in [-0.39, 0.29) is 5.82 Å². The van der Waals surface area contributed by atoms with Gasteiger partial charge >= 0.3 is 0 Å². The number of rotatable bonds is 5. The maximum absolute atomic E-state index is 13.5. The van der Waals surface area contributed by atoms with Gasteiger partial charge in [0.15, 0.2) is 0 Å². The fourth-order valence-electron chi connectivity index (χ4n) is 3.32. The summed E-state index contributed by atoms with van der Waals surface area (Å²) < 4.78 is 13.5. The topological polar surface area (TPSA) is 96.0 Å². The molecule has 2 N–H and O–H groups in total. The predicted octanol–water partition coefficient (Wildman–Crippen LogP) is 4.70. The Labute approximate surface area is 181 Å². The molecular formula is C22H15ClFN7. The van der Waals surface area contributed by atoms with Crippen molar-refractivity contribution in [3.8, 4) is 34.0 Å². The lowest BCUT2D eigenvalue weighted by Crippen LogP contribution is -1.92. The van der Waals surface area contributed by atoms with Crippen LogP contribution in [0.1, 0.15) is 11.4 Å². The average Bonchev–Trinajstić information content (AvgIpc) is 3.47. The van der Waals surface area contributed by atoms with Gasteiger partial charge in [0.1, 0.15) is 17.3 Å². The molecular weight excluding hydrogens is 417 g/mol. The third-order valence-corrected chi connectivity index (χ3v) is 5.18. The molecule has 0 fully saturated rings. The van der Waals surface area contributed by atoms with Gasteiger partial charge in [0, 0.05) is 28.8 Å². The van der Waals surface area contributed by atoms with Crippen LogP contribution >= 0.6 is 11.6 Å². The van der Waals surface area contributed by atoms with Gasteiger partial charge in [0.25, 0.3) is 0 Å². The fraction of sp³-hybridized carbons (Fsp3) is 0.0455. The van der Waals surface area contributed by atoms with E-state index >= 15 is 0 Å². The van der Waals surface area contributed by atoms with E-state index in [9.17, 15) is 4.39 Å². The molecule has 0 aliphatic heterocycles. The summed E-state index contributed by atoms with van der Waals surface area (Å²) in [5.74, 6) is 0.867. The van der Waals surface area contributed by atoms with Crippen LogP contribution in [0.4, 0.5) is 4.39 Å². The van der Waals surface area contributed by atoms with E-state index in [1.54, 1.807) is 24.4 Å². The number of H-pyrrole nitrogens is 2. The van der Waals surface area contributed by atoms with Gasteiger partial charge in [0.2, 0.25) is 5.82 Å². The number of hydrogen-bond donors (Lipinski definition) is 2. The van der Waals surface area contributed by atoms with Crippen LogP contribution in [0.3, 0.4) is 0 Å². The molecule has 152 valence electrons. The molecule has 3 heterocycles. The molecule has 0 saturated carbocycles. The van der Waals surface area contributed by atoms with Crippen molar-refractivity contribution in [3.05, 3.63) is 89.1 Å². The van der Waals surface area contributed by atoms with E-state index in [1.807, 2.05) is 30.3 Å². The number of nitrogens with zero attached hydrogens (tertiary/aromatic N) is 5. The van der Waals surface area contributed by atoms with E-state index in [0.29, 0.717) is 34.5 Å². The molecule has 31 heavy (non-hydrogen) atoms. The molecule has 0 bridgehead atoms. The van der Waals surface area contributed by atoms with Crippen LogP contribution in [0.2, 0.25) is 5.02 Å². The molecule has 0 unspecified atom stereocenters. The maximum Gasteiger partial charge on any atom is 0.204 e. The SMILES string of the molecule is Fc1ccc(-c2[nH]c(Cc3ccccc3Cl)nc2-c2cc(-c3nn[nH]n3)ccn2)cc1. The van der Waals surface area contributed by atoms with E-state index in [2.05, 4.69) is 30.6 Å². The van der Waals surface area contributed by atoms with Crippen molar-refractivity contribution in [2.75, 3.05) is 0 Å². The second-order valence-electron chi connectivity index (χ2n) is 6.85. The van der Waals surface area contributed by atoms with E-state index in [4.69, 9.17) is 16.6 Å². The molecule has 7 nitrogen and oxygen atoms in total. The number of aromatic amines is 2. The second-order valence-corrected chi connectivity index (χ2v) is 7.25. The first-order valence-corrected chi connectivity index (χ1v) is 9.83. The Morgan fingerprint density at radius 1 is 0.968 bits per heavy atom. The van der Waals surface area contributed by atoms with Crippen molar-refractivity contribution >= 4 is 11.6 Å². The number of aromatic nitrogens is 7. The zero-order valence-electron chi connectivity index (χ0n) is 16.0. The third kappa shape index (κ3) is 3.93. The molecule has 0 saturated heterocycles. The lowest BCUT2D eigenvalue weighted by Gasteiger charge is -2.04. The third-order valence-electron chi connectivity index (χ3n) is 4.81. The van der Waals surface area contributed by atoms with Crippen LogP contribution in [-0.2, 0) is 6.42 Å².